The standard InChI is InChI=1S/C32H37F2N3O2S/c33-26-8-6-22(7-9-26)15-31-35-17-30(40-31)23-10-12-36(13-11-23)18-25-19-37(29(32(38)39)14-21-4-5-21)20-28(25)24-2-1-3-27(34)16-24/h1-3,6-9,16-17,21,23,25,28-29H,4-5,10-15,18-20H2,(H,38,39)/t25-,28+,29+/m0/s1. The lowest BCUT2D eigenvalue weighted by atomic mass is 9.87. The van der Waals surface area contributed by atoms with Gasteiger partial charge in [-0.1, -0.05) is 37.1 Å². The molecule has 0 spiro atoms. The number of thiazole rings is 1. The molecule has 0 radical (unpaired) electrons. The van der Waals surface area contributed by atoms with Crippen LogP contribution in [0.5, 0.6) is 0 Å². The summed E-state index contributed by atoms with van der Waals surface area (Å²) in [6, 6.07) is 13.1. The highest BCUT2D eigenvalue weighted by atomic mass is 32.1. The summed E-state index contributed by atoms with van der Waals surface area (Å²) in [6.07, 6.45) is 7.87. The lowest BCUT2D eigenvalue weighted by Crippen LogP contribution is -2.41. The van der Waals surface area contributed by atoms with Crippen molar-refractivity contribution in [1.29, 1.82) is 0 Å². The average molecular weight is 566 g/mol. The number of hydrogen-bond donors (Lipinski definition) is 1. The monoisotopic (exact) mass is 565 g/mol. The van der Waals surface area contributed by atoms with Gasteiger partial charge in [0.15, 0.2) is 0 Å². The molecular weight excluding hydrogens is 528 g/mol. The van der Waals surface area contributed by atoms with Gasteiger partial charge in [-0.25, -0.2) is 13.8 Å². The second-order valence-electron chi connectivity index (χ2n) is 11.9. The van der Waals surface area contributed by atoms with Crippen LogP contribution in [-0.4, -0.2) is 64.6 Å². The summed E-state index contributed by atoms with van der Waals surface area (Å²) >= 11 is 1.77. The summed E-state index contributed by atoms with van der Waals surface area (Å²) in [5.74, 6) is 0.249. The summed E-state index contributed by atoms with van der Waals surface area (Å²) in [4.78, 5) is 22.9. The third-order valence-corrected chi connectivity index (χ3v) is 10.2. The van der Waals surface area contributed by atoms with E-state index < -0.39 is 12.0 Å². The average Bonchev–Trinajstić information content (AvgIpc) is 3.49. The smallest absolute Gasteiger partial charge is 0.320 e. The number of halogens is 2. The summed E-state index contributed by atoms with van der Waals surface area (Å²) in [6.45, 7) is 4.30. The number of rotatable bonds is 10. The van der Waals surface area contributed by atoms with Gasteiger partial charge in [0.1, 0.15) is 17.7 Å². The largest absolute Gasteiger partial charge is 0.480 e. The first kappa shape index (κ1) is 27.5. The molecule has 40 heavy (non-hydrogen) atoms. The Morgan fingerprint density at radius 3 is 2.50 bits per heavy atom. The fourth-order valence-corrected chi connectivity index (χ4v) is 7.76. The van der Waals surface area contributed by atoms with Crippen molar-refractivity contribution >= 4 is 17.3 Å². The molecule has 6 rings (SSSR count). The number of carboxylic acids is 1. The second kappa shape index (κ2) is 12.0. The fourth-order valence-electron chi connectivity index (χ4n) is 6.64. The van der Waals surface area contributed by atoms with Crippen molar-refractivity contribution in [2.45, 2.75) is 56.4 Å². The number of aliphatic carboxylic acids is 1. The van der Waals surface area contributed by atoms with Crippen LogP contribution in [0.3, 0.4) is 0 Å². The van der Waals surface area contributed by atoms with Crippen LogP contribution in [0.1, 0.15) is 65.0 Å². The molecule has 3 heterocycles. The molecule has 1 saturated carbocycles. The van der Waals surface area contributed by atoms with E-state index in [1.807, 2.05) is 24.4 Å². The van der Waals surface area contributed by atoms with E-state index in [0.717, 1.165) is 80.8 Å². The lowest BCUT2D eigenvalue weighted by Gasteiger charge is -2.34. The first-order valence-corrected chi connectivity index (χ1v) is 15.4. The van der Waals surface area contributed by atoms with Crippen LogP contribution in [0.2, 0.25) is 0 Å². The van der Waals surface area contributed by atoms with Gasteiger partial charge in [-0.05, 0) is 85.5 Å². The number of nitrogens with zero attached hydrogens (tertiary/aromatic N) is 3. The molecule has 1 N–H and O–H groups in total. The molecule has 212 valence electrons. The van der Waals surface area contributed by atoms with Gasteiger partial charge in [-0.15, -0.1) is 11.3 Å². The van der Waals surface area contributed by atoms with Gasteiger partial charge in [0.05, 0.1) is 5.01 Å². The fraction of sp³-hybridized carbons (Fsp3) is 0.500. The molecule has 1 aromatic heterocycles. The Balaban J connectivity index is 1.08. The van der Waals surface area contributed by atoms with Crippen LogP contribution in [0.15, 0.2) is 54.7 Å². The van der Waals surface area contributed by atoms with E-state index in [1.54, 1.807) is 23.5 Å². The van der Waals surface area contributed by atoms with Gasteiger partial charge in [0, 0.05) is 43.0 Å². The van der Waals surface area contributed by atoms with Crippen LogP contribution < -0.4 is 0 Å². The molecule has 2 aromatic carbocycles. The van der Waals surface area contributed by atoms with Crippen molar-refractivity contribution in [3.63, 3.8) is 0 Å². The Bertz CT molecular complexity index is 1300. The van der Waals surface area contributed by atoms with Gasteiger partial charge in [0.25, 0.3) is 0 Å². The van der Waals surface area contributed by atoms with E-state index in [1.165, 1.54) is 23.1 Å². The first-order valence-electron chi connectivity index (χ1n) is 14.5. The quantitative estimate of drug-likeness (QED) is 0.319. The van der Waals surface area contributed by atoms with E-state index in [9.17, 15) is 18.7 Å². The predicted octanol–water partition coefficient (Wildman–Crippen LogP) is 6.16. The van der Waals surface area contributed by atoms with E-state index >= 15 is 0 Å². The van der Waals surface area contributed by atoms with Crippen LogP contribution in [0.25, 0.3) is 0 Å². The predicted molar refractivity (Wildman–Crippen MR) is 153 cm³/mol. The van der Waals surface area contributed by atoms with Crippen molar-refractivity contribution in [2.24, 2.45) is 11.8 Å². The van der Waals surface area contributed by atoms with E-state index in [4.69, 9.17) is 0 Å². The SMILES string of the molecule is O=C(O)[C@@H](CC1CC1)N1C[C@H](CN2CCC(c3cnc(Cc4ccc(F)cc4)s3)CC2)[C@@H](c2cccc(F)c2)C1. The molecule has 8 heteroatoms. The molecule has 3 aromatic rings. The number of benzene rings is 2. The third kappa shape index (κ3) is 6.61. The maximum atomic E-state index is 14.2. The van der Waals surface area contributed by atoms with Crippen molar-refractivity contribution < 1.29 is 18.7 Å². The number of hydrogen-bond acceptors (Lipinski definition) is 5. The first-order chi connectivity index (χ1) is 19.4. The van der Waals surface area contributed by atoms with E-state index in [-0.39, 0.29) is 23.5 Å². The van der Waals surface area contributed by atoms with Crippen LogP contribution in [0.4, 0.5) is 8.78 Å². The zero-order valence-electron chi connectivity index (χ0n) is 22.7. The van der Waals surface area contributed by atoms with Crippen LogP contribution in [0, 0.1) is 23.5 Å². The zero-order chi connectivity index (χ0) is 27.6. The highest BCUT2D eigenvalue weighted by molar-refractivity contribution is 7.11. The summed E-state index contributed by atoms with van der Waals surface area (Å²) in [5.41, 5.74) is 2.05. The molecule has 1 aliphatic carbocycles. The molecular formula is C32H37F2N3O2S. The minimum Gasteiger partial charge on any atom is -0.480 e. The topological polar surface area (TPSA) is 56.7 Å². The van der Waals surface area contributed by atoms with Crippen molar-refractivity contribution in [1.82, 2.24) is 14.8 Å². The van der Waals surface area contributed by atoms with Crippen LogP contribution in [-0.2, 0) is 11.2 Å². The lowest BCUT2D eigenvalue weighted by molar-refractivity contribution is -0.143. The number of carboxylic acid groups (broad SMARTS) is 1. The molecule has 3 atom stereocenters. The Kier molecular flexibility index (Phi) is 8.28. The van der Waals surface area contributed by atoms with Gasteiger partial charge in [0.2, 0.25) is 0 Å². The Labute approximate surface area is 238 Å². The van der Waals surface area contributed by atoms with Crippen molar-refractivity contribution in [3.8, 4) is 0 Å². The number of aromatic nitrogens is 1. The highest BCUT2D eigenvalue weighted by Crippen LogP contribution is 2.40. The molecule has 0 amide bonds. The maximum absolute atomic E-state index is 14.2. The molecule has 2 aliphatic heterocycles. The molecule has 2 saturated heterocycles. The highest BCUT2D eigenvalue weighted by Gasteiger charge is 2.42. The van der Waals surface area contributed by atoms with Gasteiger partial charge < -0.3 is 10.0 Å². The molecule has 3 fully saturated rings. The zero-order valence-corrected chi connectivity index (χ0v) is 23.5. The van der Waals surface area contributed by atoms with E-state index in [0.29, 0.717) is 18.4 Å². The Hall–Kier alpha value is -2.68. The minimum absolute atomic E-state index is 0.130. The summed E-state index contributed by atoms with van der Waals surface area (Å²) in [7, 11) is 0. The summed E-state index contributed by atoms with van der Waals surface area (Å²) < 4.78 is 27.4. The Morgan fingerprint density at radius 2 is 1.80 bits per heavy atom. The third-order valence-electron chi connectivity index (χ3n) is 9.05. The normalized spacial score (nSPS) is 23.4. The molecule has 5 nitrogen and oxygen atoms in total. The molecule has 3 aliphatic rings. The van der Waals surface area contributed by atoms with Crippen molar-refractivity contribution in [2.75, 3.05) is 32.7 Å². The van der Waals surface area contributed by atoms with Crippen molar-refractivity contribution in [3.05, 3.63) is 87.4 Å². The van der Waals surface area contributed by atoms with Gasteiger partial charge in [-0.2, -0.15) is 0 Å². The number of piperidine rings is 1. The Morgan fingerprint density at radius 1 is 1.02 bits per heavy atom. The number of carbonyl (C=O) groups is 1. The number of likely N-dealkylation sites (tertiary alicyclic amines) is 2. The minimum atomic E-state index is -0.727. The maximum Gasteiger partial charge on any atom is 0.320 e. The molecule has 0 bridgehead atoms. The second-order valence-corrected chi connectivity index (χ2v) is 13.1. The summed E-state index contributed by atoms with van der Waals surface area (Å²) in [5, 5.41) is 11.1. The van der Waals surface area contributed by atoms with Gasteiger partial charge in [-0.3, -0.25) is 9.69 Å². The van der Waals surface area contributed by atoms with Gasteiger partial charge >= 0.3 is 5.97 Å². The van der Waals surface area contributed by atoms with Crippen LogP contribution >= 0.6 is 11.3 Å². The molecule has 0 unspecified atom stereocenters. The van der Waals surface area contributed by atoms with E-state index in [2.05, 4.69) is 14.8 Å².